The van der Waals surface area contributed by atoms with Gasteiger partial charge in [0.05, 0.1) is 5.57 Å². The third-order valence-electron chi connectivity index (χ3n) is 3.01. The Morgan fingerprint density at radius 1 is 1.30 bits per heavy atom. The number of hydrogen-bond donors (Lipinski definition) is 1. The summed E-state index contributed by atoms with van der Waals surface area (Å²) >= 11 is 0. The molecule has 20 heavy (non-hydrogen) atoms. The summed E-state index contributed by atoms with van der Waals surface area (Å²) in [6.07, 6.45) is 1.30. The fourth-order valence-corrected chi connectivity index (χ4v) is 2.04. The predicted octanol–water partition coefficient (Wildman–Crippen LogP) is -1.18. The van der Waals surface area contributed by atoms with Crippen LogP contribution in [0.15, 0.2) is 22.1 Å². The maximum absolute atomic E-state index is 12.1. The maximum Gasteiger partial charge on any atom is 0.280 e. The van der Waals surface area contributed by atoms with E-state index in [-0.39, 0.29) is 24.1 Å². The Morgan fingerprint density at radius 2 is 2.00 bits per heavy atom. The molecule has 104 valence electrons. The molecule has 1 atom stereocenters. The number of likely N-dealkylation sites (tertiary alicyclic amines) is 1. The summed E-state index contributed by atoms with van der Waals surface area (Å²) in [5.74, 6) is -2.46. The second-order valence-electron chi connectivity index (χ2n) is 4.28. The number of carbonyl (C=O) groups excluding carboxylic acids is 4. The average Bonchev–Trinajstić information content (AvgIpc) is 2.60. The van der Waals surface area contributed by atoms with Gasteiger partial charge in [-0.1, -0.05) is 6.58 Å². The first kappa shape index (κ1) is 13.8. The summed E-state index contributed by atoms with van der Waals surface area (Å²) in [5, 5.41) is 2.10. The molecule has 4 amide bonds. The van der Waals surface area contributed by atoms with Crippen molar-refractivity contribution in [3.05, 3.63) is 12.2 Å². The van der Waals surface area contributed by atoms with E-state index >= 15 is 0 Å². The van der Waals surface area contributed by atoms with E-state index in [1.54, 1.807) is 0 Å². The molecule has 0 radical (unpaired) electrons. The summed E-state index contributed by atoms with van der Waals surface area (Å²) in [6.45, 7) is 3.50. The van der Waals surface area contributed by atoms with Crippen molar-refractivity contribution in [1.82, 2.24) is 10.2 Å². The normalized spacial score (nSPS) is 26.1. The van der Waals surface area contributed by atoms with Crippen molar-refractivity contribution < 1.29 is 19.2 Å². The van der Waals surface area contributed by atoms with E-state index in [4.69, 9.17) is 0 Å². The summed E-state index contributed by atoms with van der Waals surface area (Å²) in [7, 11) is 1.46. The van der Waals surface area contributed by atoms with E-state index in [2.05, 4.69) is 21.9 Å². The van der Waals surface area contributed by atoms with Crippen LogP contribution in [0.3, 0.4) is 0 Å². The Kier molecular flexibility index (Phi) is 3.55. The van der Waals surface area contributed by atoms with Crippen molar-refractivity contribution in [1.29, 1.82) is 0 Å². The first-order valence-electron chi connectivity index (χ1n) is 5.86. The molecule has 8 heteroatoms. The Bertz CT molecular complexity index is 590. The molecule has 0 bridgehead atoms. The lowest BCUT2D eigenvalue weighted by molar-refractivity contribution is -0.148. The van der Waals surface area contributed by atoms with Crippen LogP contribution in [0.4, 0.5) is 0 Å². The molecule has 2 aliphatic heterocycles. The summed E-state index contributed by atoms with van der Waals surface area (Å²) < 4.78 is 0. The van der Waals surface area contributed by atoms with Crippen molar-refractivity contribution in [3.8, 4) is 0 Å². The molecule has 2 rings (SSSR count). The van der Waals surface area contributed by atoms with Crippen LogP contribution in [0.1, 0.15) is 12.8 Å². The fourth-order valence-electron chi connectivity index (χ4n) is 2.04. The van der Waals surface area contributed by atoms with Gasteiger partial charge in [0.15, 0.2) is 0 Å². The van der Waals surface area contributed by atoms with E-state index in [0.717, 1.165) is 11.2 Å². The van der Waals surface area contributed by atoms with Gasteiger partial charge in [-0.15, -0.1) is 0 Å². The van der Waals surface area contributed by atoms with E-state index in [9.17, 15) is 19.2 Å². The highest BCUT2D eigenvalue weighted by Crippen LogP contribution is 2.22. The fraction of sp³-hybridized carbons (Fsp3) is 0.333. The molecule has 8 nitrogen and oxygen atoms in total. The van der Waals surface area contributed by atoms with Crippen LogP contribution >= 0.6 is 0 Å². The van der Waals surface area contributed by atoms with Crippen LogP contribution in [0.25, 0.3) is 0 Å². The number of nitrogens with one attached hydrogen (secondary N) is 1. The zero-order valence-electron chi connectivity index (χ0n) is 10.8. The minimum Gasteiger partial charge on any atom is -0.295 e. The molecule has 0 aliphatic carbocycles. The predicted molar refractivity (Wildman–Crippen MR) is 69.0 cm³/mol. The molecule has 2 heterocycles. The molecular formula is C12H12N4O4. The molecule has 0 aromatic rings. The zero-order valence-corrected chi connectivity index (χ0v) is 10.8. The third-order valence-corrected chi connectivity index (χ3v) is 3.01. The van der Waals surface area contributed by atoms with Crippen molar-refractivity contribution in [2.75, 3.05) is 7.05 Å². The van der Waals surface area contributed by atoms with Gasteiger partial charge in [0.1, 0.15) is 18.1 Å². The van der Waals surface area contributed by atoms with Gasteiger partial charge in [0, 0.05) is 13.5 Å². The van der Waals surface area contributed by atoms with Crippen LogP contribution in [0.2, 0.25) is 0 Å². The summed E-state index contributed by atoms with van der Waals surface area (Å²) in [5.41, 5.74) is -0.218. The molecule has 0 aromatic heterocycles. The van der Waals surface area contributed by atoms with Crippen molar-refractivity contribution in [2.45, 2.75) is 18.9 Å². The highest BCUT2D eigenvalue weighted by atomic mass is 16.2. The third kappa shape index (κ3) is 2.15. The van der Waals surface area contributed by atoms with Crippen LogP contribution in [-0.4, -0.2) is 53.7 Å². The molecule has 1 N–H and O–H groups in total. The molecule has 2 aliphatic rings. The molecular weight excluding hydrogens is 264 g/mol. The molecule has 0 aromatic carbocycles. The van der Waals surface area contributed by atoms with Crippen LogP contribution < -0.4 is 5.32 Å². The first-order chi connectivity index (χ1) is 9.47. The van der Waals surface area contributed by atoms with Crippen molar-refractivity contribution >= 4 is 35.7 Å². The molecule has 0 saturated carbocycles. The maximum atomic E-state index is 12.1. The monoisotopic (exact) mass is 276 g/mol. The number of carbonyl (C=O) groups is 4. The average molecular weight is 276 g/mol. The Morgan fingerprint density at radius 3 is 2.60 bits per heavy atom. The Hall–Kier alpha value is -2.64. The smallest absolute Gasteiger partial charge is 0.280 e. The minimum absolute atomic E-state index is 0.0723. The van der Waals surface area contributed by atoms with E-state index in [1.165, 1.54) is 7.05 Å². The second-order valence-corrected chi connectivity index (χ2v) is 4.28. The Labute approximate surface area is 114 Å². The van der Waals surface area contributed by atoms with Gasteiger partial charge >= 0.3 is 0 Å². The number of nitrogens with zero attached hydrogens (tertiary/aromatic N) is 3. The highest BCUT2D eigenvalue weighted by molar-refractivity contribution is 6.59. The number of aliphatic imine (C=N–C) groups is 2. The van der Waals surface area contributed by atoms with E-state index < -0.39 is 29.7 Å². The molecule has 0 spiro atoms. The summed E-state index contributed by atoms with van der Waals surface area (Å²) in [4.78, 5) is 55.1. The van der Waals surface area contributed by atoms with Crippen molar-refractivity contribution in [3.63, 3.8) is 0 Å². The molecule has 1 unspecified atom stereocenters. The van der Waals surface area contributed by atoms with Crippen LogP contribution in [0, 0.1) is 0 Å². The van der Waals surface area contributed by atoms with Gasteiger partial charge in [0.25, 0.3) is 11.8 Å². The standard InChI is InChI=1S/C12H12N4O4/c1-6-9(14-5-13-2)12(20)16(11(6)19)7-3-4-8(17)15-10(7)18/h5,7H,1,3-4H2,2H3,(H,15,17,18)/b13-5-,14-9+. The molecule has 2 fully saturated rings. The number of piperidine rings is 1. The van der Waals surface area contributed by atoms with E-state index in [0.29, 0.717) is 0 Å². The lowest BCUT2D eigenvalue weighted by Gasteiger charge is -2.27. The number of rotatable bonds is 2. The lowest BCUT2D eigenvalue weighted by atomic mass is 10.0. The molecule has 2 saturated heterocycles. The summed E-state index contributed by atoms with van der Waals surface area (Å²) in [6, 6.07) is -1.00. The van der Waals surface area contributed by atoms with Crippen molar-refractivity contribution in [2.24, 2.45) is 9.98 Å². The van der Waals surface area contributed by atoms with Gasteiger partial charge in [-0.2, -0.15) is 0 Å². The quantitative estimate of drug-likeness (QED) is 0.296. The van der Waals surface area contributed by atoms with Crippen LogP contribution in [0.5, 0.6) is 0 Å². The highest BCUT2D eigenvalue weighted by Gasteiger charge is 2.46. The van der Waals surface area contributed by atoms with Gasteiger partial charge in [-0.05, 0) is 6.42 Å². The number of amides is 4. The topological polar surface area (TPSA) is 108 Å². The van der Waals surface area contributed by atoms with Gasteiger partial charge in [-0.25, -0.2) is 4.99 Å². The van der Waals surface area contributed by atoms with Crippen LogP contribution in [-0.2, 0) is 19.2 Å². The SMILES string of the molecule is C=C1C(=O)N(C2CCC(=O)NC2=O)C(=O)/C1=N/C=N\C. The zero-order chi connectivity index (χ0) is 14.9. The largest absolute Gasteiger partial charge is 0.295 e. The Balaban J connectivity index is 2.31. The van der Waals surface area contributed by atoms with Gasteiger partial charge in [0.2, 0.25) is 11.8 Å². The number of imide groups is 2. The second kappa shape index (κ2) is 5.16. The van der Waals surface area contributed by atoms with E-state index in [1.807, 2.05) is 0 Å². The minimum atomic E-state index is -1.00. The number of hydrogen-bond acceptors (Lipinski definition) is 5. The van der Waals surface area contributed by atoms with Gasteiger partial charge < -0.3 is 0 Å². The first-order valence-corrected chi connectivity index (χ1v) is 5.86. The lowest BCUT2D eigenvalue weighted by Crippen LogP contribution is -2.54. The van der Waals surface area contributed by atoms with Gasteiger partial charge in [-0.3, -0.25) is 34.4 Å².